The summed E-state index contributed by atoms with van der Waals surface area (Å²) in [5.74, 6) is 1.50. The third-order valence-corrected chi connectivity index (χ3v) is 2.31. The number of carbonyl (C=O) groups excluding carboxylic acids is 1. The molecule has 2 rings (SSSR count). The number of rotatable bonds is 3. The highest BCUT2D eigenvalue weighted by molar-refractivity contribution is 6.02. The predicted molar refractivity (Wildman–Crippen MR) is 64.4 cm³/mol. The zero-order chi connectivity index (χ0) is 12.3. The van der Waals surface area contributed by atoms with Crippen LogP contribution >= 0.6 is 0 Å². The van der Waals surface area contributed by atoms with Crippen molar-refractivity contribution in [3.63, 3.8) is 0 Å². The van der Waals surface area contributed by atoms with Crippen molar-refractivity contribution in [3.8, 4) is 5.75 Å². The summed E-state index contributed by atoms with van der Waals surface area (Å²) >= 11 is 0. The number of nitrogens with one attached hydrogen (secondary N) is 1. The maximum atomic E-state index is 11.7. The molecule has 0 aliphatic rings. The van der Waals surface area contributed by atoms with Gasteiger partial charge >= 0.3 is 0 Å². The van der Waals surface area contributed by atoms with E-state index in [1.807, 2.05) is 0 Å². The lowest BCUT2D eigenvalue weighted by atomic mass is 10.3. The highest BCUT2D eigenvalue weighted by atomic mass is 16.5. The van der Waals surface area contributed by atoms with Crippen LogP contribution in [0.15, 0.2) is 40.8 Å². The summed E-state index contributed by atoms with van der Waals surface area (Å²) in [6, 6.07) is 10.5. The van der Waals surface area contributed by atoms with Crippen LogP contribution in [0.4, 0.5) is 5.69 Å². The van der Waals surface area contributed by atoms with Crippen LogP contribution in [0.25, 0.3) is 0 Å². The van der Waals surface area contributed by atoms with Gasteiger partial charge in [-0.3, -0.25) is 4.79 Å². The average molecular weight is 231 g/mol. The van der Waals surface area contributed by atoms with Crippen molar-refractivity contribution in [3.05, 3.63) is 47.9 Å². The third kappa shape index (κ3) is 2.66. The number of furan rings is 1. The molecule has 1 N–H and O–H groups in total. The summed E-state index contributed by atoms with van der Waals surface area (Å²) in [6.07, 6.45) is 0. The number of anilines is 1. The van der Waals surface area contributed by atoms with Crippen LogP contribution < -0.4 is 10.1 Å². The van der Waals surface area contributed by atoms with E-state index in [0.717, 1.165) is 5.75 Å². The number of aryl methyl sites for hydroxylation is 1. The Balaban J connectivity index is 2.07. The molecule has 0 fully saturated rings. The zero-order valence-corrected chi connectivity index (χ0v) is 9.69. The molecule has 4 nitrogen and oxygen atoms in total. The predicted octanol–water partition coefficient (Wildman–Crippen LogP) is 2.85. The van der Waals surface area contributed by atoms with Gasteiger partial charge in [0, 0.05) is 5.69 Å². The summed E-state index contributed by atoms with van der Waals surface area (Å²) in [6.45, 7) is 1.80. The standard InChI is InChI=1S/C13H13NO3/c1-9-3-8-12(17-9)13(15)14-10-4-6-11(16-2)7-5-10/h3-8H,1-2H3,(H,14,15). The lowest BCUT2D eigenvalue weighted by Crippen LogP contribution is -2.10. The van der Waals surface area contributed by atoms with Crippen LogP contribution in [0.5, 0.6) is 5.75 Å². The number of ether oxygens (including phenoxy) is 1. The quantitative estimate of drug-likeness (QED) is 0.883. The number of methoxy groups -OCH3 is 1. The molecule has 0 aliphatic carbocycles. The van der Waals surface area contributed by atoms with Gasteiger partial charge in [0.15, 0.2) is 5.76 Å². The molecule has 88 valence electrons. The minimum Gasteiger partial charge on any atom is -0.497 e. The molecule has 0 saturated carbocycles. The molecular formula is C13H13NO3. The van der Waals surface area contributed by atoms with Crippen LogP contribution in [-0.4, -0.2) is 13.0 Å². The van der Waals surface area contributed by atoms with E-state index in [-0.39, 0.29) is 5.91 Å². The molecule has 1 aromatic heterocycles. The lowest BCUT2D eigenvalue weighted by Gasteiger charge is -2.04. The fourth-order valence-corrected chi connectivity index (χ4v) is 1.42. The van der Waals surface area contributed by atoms with Gasteiger partial charge in [-0.1, -0.05) is 0 Å². The summed E-state index contributed by atoms with van der Waals surface area (Å²) in [5.41, 5.74) is 0.699. The number of hydrogen-bond donors (Lipinski definition) is 1. The van der Waals surface area contributed by atoms with Gasteiger partial charge in [0.25, 0.3) is 5.91 Å². The van der Waals surface area contributed by atoms with E-state index in [2.05, 4.69) is 5.32 Å². The number of benzene rings is 1. The Labute approximate surface area is 99.2 Å². The normalized spacial score (nSPS) is 10.0. The van der Waals surface area contributed by atoms with E-state index in [4.69, 9.17) is 9.15 Å². The molecule has 2 aromatic rings. The Hall–Kier alpha value is -2.23. The molecule has 0 atom stereocenters. The van der Waals surface area contributed by atoms with Gasteiger partial charge < -0.3 is 14.5 Å². The average Bonchev–Trinajstić information content (AvgIpc) is 2.77. The van der Waals surface area contributed by atoms with E-state index < -0.39 is 0 Å². The van der Waals surface area contributed by atoms with Crippen molar-refractivity contribution in [2.75, 3.05) is 12.4 Å². The number of amides is 1. The first-order valence-electron chi connectivity index (χ1n) is 5.21. The van der Waals surface area contributed by atoms with Gasteiger partial charge in [0.1, 0.15) is 11.5 Å². The van der Waals surface area contributed by atoms with E-state index in [1.165, 1.54) is 0 Å². The molecule has 0 saturated heterocycles. The van der Waals surface area contributed by atoms with Gasteiger partial charge in [0.05, 0.1) is 7.11 Å². The summed E-state index contributed by atoms with van der Waals surface area (Å²) in [4.78, 5) is 11.7. The Morgan fingerprint density at radius 3 is 2.41 bits per heavy atom. The molecule has 0 unspecified atom stereocenters. The van der Waals surface area contributed by atoms with Crippen molar-refractivity contribution < 1.29 is 13.9 Å². The molecule has 4 heteroatoms. The van der Waals surface area contributed by atoms with Crippen molar-refractivity contribution in [1.29, 1.82) is 0 Å². The Kier molecular flexibility index (Phi) is 3.14. The topological polar surface area (TPSA) is 51.5 Å². The minimum atomic E-state index is -0.261. The maximum Gasteiger partial charge on any atom is 0.291 e. The van der Waals surface area contributed by atoms with Gasteiger partial charge in [-0.15, -0.1) is 0 Å². The second-order valence-electron chi connectivity index (χ2n) is 3.59. The molecule has 0 bridgehead atoms. The van der Waals surface area contributed by atoms with E-state index in [9.17, 15) is 4.79 Å². The molecule has 1 aromatic carbocycles. The van der Waals surface area contributed by atoms with E-state index >= 15 is 0 Å². The SMILES string of the molecule is COc1ccc(NC(=O)c2ccc(C)o2)cc1. The monoisotopic (exact) mass is 231 g/mol. The summed E-state index contributed by atoms with van der Waals surface area (Å²) in [7, 11) is 1.60. The van der Waals surface area contributed by atoms with Crippen LogP contribution in [0.2, 0.25) is 0 Å². The number of hydrogen-bond acceptors (Lipinski definition) is 3. The van der Waals surface area contributed by atoms with Crippen LogP contribution in [0, 0.1) is 6.92 Å². The summed E-state index contributed by atoms with van der Waals surface area (Å²) in [5, 5.41) is 2.73. The van der Waals surface area contributed by atoms with Crippen molar-refractivity contribution in [1.82, 2.24) is 0 Å². The second-order valence-corrected chi connectivity index (χ2v) is 3.59. The van der Waals surface area contributed by atoms with Gasteiger partial charge in [0.2, 0.25) is 0 Å². The van der Waals surface area contributed by atoms with Crippen LogP contribution in [0.1, 0.15) is 16.3 Å². The molecule has 1 heterocycles. The van der Waals surface area contributed by atoms with Crippen LogP contribution in [-0.2, 0) is 0 Å². The molecule has 0 radical (unpaired) electrons. The minimum absolute atomic E-state index is 0.261. The third-order valence-electron chi connectivity index (χ3n) is 2.31. The van der Waals surface area contributed by atoms with Crippen molar-refractivity contribution in [2.45, 2.75) is 6.92 Å². The maximum absolute atomic E-state index is 11.7. The lowest BCUT2D eigenvalue weighted by molar-refractivity contribution is 0.0995. The largest absolute Gasteiger partial charge is 0.497 e. The first-order valence-corrected chi connectivity index (χ1v) is 5.21. The van der Waals surface area contributed by atoms with Gasteiger partial charge in [-0.05, 0) is 43.3 Å². The van der Waals surface area contributed by atoms with Gasteiger partial charge in [-0.25, -0.2) is 0 Å². The Morgan fingerprint density at radius 2 is 1.88 bits per heavy atom. The molecule has 17 heavy (non-hydrogen) atoms. The number of carbonyl (C=O) groups is 1. The zero-order valence-electron chi connectivity index (χ0n) is 9.69. The molecule has 0 spiro atoms. The highest BCUT2D eigenvalue weighted by Gasteiger charge is 2.09. The second kappa shape index (κ2) is 4.74. The molecule has 0 aliphatic heterocycles. The summed E-state index contributed by atoms with van der Waals surface area (Å²) < 4.78 is 10.3. The smallest absolute Gasteiger partial charge is 0.291 e. The van der Waals surface area contributed by atoms with Crippen molar-refractivity contribution in [2.24, 2.45) is 0 Å². The van der Waals surface area contributed by atoms with E-state index in [1.54, 1.807) is 50.4 Å². The first-order chi connectivity index (χ1) is 8.19. The first kappa shape index (κ1) is 11.3. The fraction of sp³-hybridized carbons (Fsp3) is 0.154. The van der Waals surface area contributed by atoms with Crippen LogP contribution in [0.3, 0.4) is 0 Å². The highest BCUT2D eigenvalue weighted by Crippen LogP contribution is 2.16. The molecular weight excluding hydrogens is 218 g/mol. The fourth-order valence-electron chi connectivity index (χ4n) is 1.42. The van der Waals surface area contributed by atoms with Gasteiger partial charge in [-0.2, -0.15) is 0 Å². The van der Waals surface area contributed by atoms with Crippen molar-refractivity contribution >= 4 is 11.6 Å². The Morgan fingerprint density at radius 1 is 1.18 bits per heavy atom. The molecule has 1 amide bonds. The van der Waals surface area contributed by atoms with E-state index in [0.29, 0.717) is 17.2 Å². The Bertz CT molecular complexity index is 514.